The van der Waals surface area contributed by atoms with Crippen LogP contribution in [-0.4, -0.2) is 24.7 Å². The van der Waals surface area contributed by atoms with Gasteiger partial charge >= 0.3 is 0 Å². The fourth-order valence-electron chi connectivity index (χ4n) is 3.50. The SMILES string of the molecule is c1ccc(C(c2ccccc2)C(OCC2CNC2)c2cccnc2)cc1. The Balaban J connectivity index is 1.72. The van der Waals surface area contributed by atoms with Crippen LogP contribution in [0.25, 0.3) is 0 Å². The first-order chi connectivity index (χ1) is 12.9. The van der Waals surface area contributed by atoms with E-state index in [2.05, 4.69) is 77.0 Å². The summed E-state index contributed by atoms with van der Waals surface area (Å²) in [6.07, 6.45) is 3.69. The van der Waals surface area contributed by atoms with E-state index in [1.165, 1.54) is 11.1 Å². The molecule has 1 aromatic heterocycles. The van der Waals surface area contributed by atoms with E-state index < -0.39 is 0 Å². The molecule has 1 saturated heterocycles. The lowest BCUT2D eigenvalue weighted by atomic mass is 9.84. The Morgan fingerprint density at radius 1 is 0.846 bits per heavy atom. The van der Waals surface area contributed by atoms with Crippen molar-refractivity contribution in [3.05, 3.63) is 102 Å². The number of hydrogen-bond donors (Lipinski definition) is 1. The van der Waals surface area contributed by atoms with E-state index in [0.29, 0.717) is 5.92 Å². The van der Waals surface area contributed by atoms with Crippen molar-refractivity contribution in [3.8, 4) is 0 Å². The zero-order chi connectivity index (χ0) is 17.6. The molecule has 2 heterocycles. The number of nitrogens with zero attached hydrogens (tertiary/aromatic N) is 1. The molecule has 1 N–H and O–H groups in total. The van der Waals surface area contributed by atoms with Crippen molar-refractivity contribution in [1.29, 1.82) is 0 Å². The van der Waals surface area contributed by atoms with E-state index in [9.17, 15) is 0 Å². The summed E-state index contributed by atoms with van der Waals surface area (Å²) < 4.78 is 6.52. The van der Waals surface area contributed by atoms with Crippen LogP contribution in [-0.2, 0) is 4.74 Å². The van der Waals surface area contributed by atoms with Crippen LogP contribution in [0, 0.1) is 5.92 Å². The molecule has 0 saturated carbocycles. The van der Waals surface area contributed by atoms with Crippen LogP contribution < -0.4 is 5.32 Å². The summed E-state index contributed by atoms with van der Waals surface area (Å²) in [6.45, 7) is 2.85. The number of pyridine rings is 1. The predicted molar refractivity (Wildman–Crippen MR) is 104 cm³/mol. The average molecular weight is 344 g/mol. The number of aromatic nitrogens is 1. The maximum Gasteiger partial charge on any atom is 0.0948 e. The molecule has 3 aromatic rings. The number of nitrogens with one attached hydrogen (secondary N) is 1. The van der Waals surface area contributed by atoms with Gasteiger partial charge < -0.3 is 10.1 Å². The van der Waals surface area contributed by atoms with E-state index in [1.54, 1.807) is 0 Å². The van der Waals surface area contributed by atoms with Crippen LogP contribution in [0.3, 0.4) is 0 Å². The number of hydrogen-bond acceptors (Lipinski definition) is 3. The van der Waals surface area contributed by atoms with Gasteiger partial charge in [-0.05, 0) is 17.2 Å². The molecule has 0 bridgehead atoms. The lowest BCUT2D eigenvalue weighted by Gasteiger charge is -2.33. The predicted octanol–water partition coefficient (Wildman–Crippen LogP) is 4.19. The van der Waals surface area contributed by atoms with Gasteiger partial charge in [-0.3, -0.25) is 4.98 Å². The Labute approximate surface area is 155 Å². The summed E-state index contributed by atoms with van der Waals surface area (Å²) in [4.78, 5) is 4.34. The van der Waals surface area contributed by atoms with Gasteiger partial charge in [-0.2, -0.15) is 0 Å². The molecule has 1 aliphatic rings. The molecule has 1 fully saturated rings. The summed E-state index contributed by atoms with van der Waals surface area (Å²) >= 11 is 0. The van der Waals surface area contributed by atoms with Crippen LogP contribution in [0.5, 0.6) is 0 Å². The molecular weight excluding hydrogens is 320 g/mol. The lowest BCUT2D eigenvalue weighted by molar-refractivity contribution is 0.00693. The summed E-state index contributed by atoms with van der Waals surface area (Å²) in [7, 11) is 0. The van der Waals surface area contributed by atoms with Crippen molar-refractivity contribution in [3.63, 3.8) is 0 Å². The van der Waals surface area contributed by atoms with E-state index in [4.69, 9.17) is 4.74 Å². The third-order valence-corrected chi connectivity index (χ3v) is 5.01. The van der Waals surface area contributed by atoms with E-state index >= 15 is 0 Å². The molecule has 0 amide bonds. The minimum atomic E-state index is -0.0610. The molecule has 1 atom stereocenters. The maximum atomic E-state index is 6.52. The first-order valence-corrected chi connectivity index (χ1v) is 9.24. The Morgan fingerprint density at radius 3 is 1.96 bits per heavy atom. The van der Waals surface area contributed by atoms with Crippen molar-refractivity contribution in [1.82, 2.24) is 10.3 Å². The highest BCUT2D eigenvalue weighted by molar-refractivity contribution is 5.36. The quantitative estimate of drug-likeness (QED) is 0.698. The van der Waals surface area contributed by atoms with E-state index in [0.717, 1.165) is 25.3 Å². The fraction of sp³-hybridized carbons (Fsp3) is 0.261. The highest BCUT2D eigenvalue weighted by Crippen LogP contribution is 2.39. The van der Waals surface area contributed by atoms with Gasteiger partial charge in [0.25, 0.3) is 0 Å². The fourth-order valence-corrected chi connectivity index (χ4v) is 3.50. The molecule has 0 aliphatic carbocycles. The number of rotatable bonds is 7. The summed E-state index contributed by atoms with van der Waals surface area (Å²) in [5.41, 5.74) is 3.65. The van der Waals surface area contributed by atoms with Crippen LogP contribution in [0.1, 0.15) is 28.7 Å². The monoisotopic (exact) mass is 344 g/mol. The molecule has 4 rings (SSSR count). The molecule has 132 valence electrons. The molecule has 0 radical (unpaired) electrons. The second-order valence-electron chi connectivity index (χ2n) is 6.86. The zero-order valence-electron chi connectivity index (χ0n) is 14.8. The van der Waals surface area contributed by atoms with Gasteiger partial charge in [0.1, 0.15) is 0 Å². The van der Waals surface area contributed by atoms with Crippen LogP contribution in [0.15, 0.2) is 85.2 Å². The molecular formula is C23H24N2O. The normalized spacial score (nSPS) is 15.6. The summed E-state index contributed by atoms with van der Waals surface area (Å²) in [5, 5.41) is 3.32. The van der Waals surface area contributed by atoms with Gasteiger partial charge in [-0.25, -0.2) is 0 Å². The highest BCUT2D eigenvalue weighted by atomic mass is 16.5. The molecule has 2 aromatic carbocycles. The number of benzene rings is 2. The number of ether oxygens (including phenoxy) is 1. The third-order valence-electron chi connectivity index (χ3n) is 5.01. The van der Waals surface area contributed by atoms with Gasteiger partial charge in [0.15, 0.2) is 0 Å². The van der Waals surface area contributed by atoms with Gasteiger partial charge in [-0.1, -0.05) is 66.7 Å². The standard InChI is InChI=1S/C23H24N2O/c1-3-8-19(9-4-1)22(20-10-5-2-6-11-20)23(21-12-7-13-24-16-21)26-17-18-14-25-15-18/h1-13,16,18,22-23,25H,14-15,17H2. The Kier molecular flexibility index (Phi) is 5.38. The maximum absolute atomic E-state index is 6.52. The van der Waals surface area contributed by atoms with Gasteiger partial charge in [0.2, 0.25) is 0 Å². The first kappa shape index (κ1) is 17.0. The average Bonchev–Trinajstić information content (AvgIpc) is 2.68. The topological polar surface area (TPSA) is 34.1 Å². The summed E-state index contributed by atoms with van der Waals surface area (Å²) in [5.74, 6) is 0.732. The first-order valence-electron chi connectivity index (χ1n) is 9.24. The van der Waals surface area contributed by atoms with Gasteiger partial charge in [0.05, 0.1) is 12.7 Å². The van der Waals surface area contributed by atoms with Crippen LogP contribution >= 0.6 is 0 Å². The molecule has 3 heteroatoms. The molecule has 26 heavy (non-hydrogen) atoms. The van der Waals surface area contributed by atoms with Crippen molar-refractivity contribution in [2.24, 2.45) is 5.92 Å². The molecule has 1 unspecified atom stereocenters. The van der Waals surface area contributed by atoms with Crippen molar-refractivity contribution in [2.45, 2.75) is 12.0 Å². The van der Waals surface area contributed by atoms with Crippen molar-refractivity contribution in [2.75, 3.05) is 19.7 Å². The third kappa shape index (κ3) is 3.85. The Hall–Kier alpha value is -2.49. The van der Waals surface area contributed by atoms with Crippen LogP contribution in [0.2, 0.25) is 0 Å². The summed E-state index contributed by atoms with van der Waals surface area (Å²) in [6, 6.07) is 25.4. The smallest absolute Gasteiger partial charge is 0.0948 e. The largest absolute Gasteiger partial charge is 0.372 e. The van der Waals surface area contributed by atoms with Crippen LogP contribution in [0.4, 0.5) is 0 Å². The van der Waals surface area contributed by atoms with Crippen molar-refractivity contribution < 1.29 is 4.74 Å². The minimum Gasteiger partial charge on any atom is -0.372 e. The molecule has 1 aliphatic heterocycles. The van der Waals surface area contributed by atoms with E-state index in [1.807, 2.05) is 18.5 Å². The second kappa shape index (κ2) is 8.26. The van der Waals surface area contributed by atoms with Gasteiger partial charge in [-0.15, -0.1) is 0 Å². The Morgan fingerprint density at radius 2 is 1.46 bits per heavy atom. The minimum absolute atomic E-state index is 0.0610. The van der Waals surface area contributed by atoms with E-state index in [-0.39, 0.29) is 12.0 Å². The zero-order valence-corrected chi connectivity index (χ0v) is 14.8. The molecule has 0 spiro atoms. The Bertz CT molecular complexity index is 749. The molecule has 3 nitrogen and oxygen atoms in total. The van der Waals surface area contributed by atoms with Gasteiger partial charge in [0, 0.05) is 42.9 Å². The highest BCUT2D eigenvalue weighted by Gasteiger charge is 2.29. The second-order valence-corrected chi connectivity index (χ2v) is 6.86. The lowest BCUT2D eigenvalue weighted by Crippen LogP contribution is -2.44. The van der Waals surface area contributed by atoms with Crippen molar-refractivity contribution >= 4 is 0 Å².